The molecule has 0 saturated heterocycles. The van der Waals surface area contributed by atoms with E-state index in [0.29, 0.717) is 23.7 Å². The molecule has 0 bridgehead atoms. The summed E-state index contributed by atoms with van der Waals surface area (Å²) in [6.07, 6.45) is 2.71. The molecular formula is C13H14ClFN2. The number of hydrogen-bond donors (Lipinski definition) is 1. The minimum atomic E-state index is -0.234. The Hall–Kier alpha value is -1.32. The Bertz CT molecular complexity index is 508. The zero-order valence-corrected chi connectivity index (χ0v) is 10.1. The van der Waals surface area contributed by atoms with Crippen LogP contribution >= 0.6 is 11.6 Å². The molecule has 0 radical (unpaired) electrons. The van der Waals surface area contributed by atoms with Crippen LogP contribution in [0.4, 0.5) is 4.39 Å². The lowest BCUT2D eigenvalue weighted by Crippen LogP contribution is -2.10. The third kappa shape index (κ3) is 2.87. The minimum Gasteiger partial charge on any atom is -0.347 e. The minimum absolute atomic E-state index is 0.234. The van der Waals surface area contributed by atoms with Gasteiger partial charge in [0, 0.05) is 22.5 Å². The van der Waals surface area contributed by atoms with Gasteiger partial charge in [-0.3, -0.25) is 0 Å². The molecule has 2 N–H and O–H groups in total. The molecule has 4 heteroatoms. The lowest BCUT2D eigenvalue weighted by molar-refractivity contribution is 0.595. The third-order valence-electron chi connectivity index (χ3n) is 2.67. The fourth-order valence-corrected chi connectivity index (χ4v) is 2.02. The molecule has 0 aliphatic carbocycles. The Morgan fingerprint density at radius 2 is 2.12 bits per heavy atom. The summed E-state index contributed by atoms with van der Waals surface area (Å²) in [7, 11) is 0. The van der Waals surface area contributed by atoms with Crippen molar-refractivity contribution in [2.24, 2.45) is 5.73 Å². The van der Waals surface area contributed by atoms with Crippen LogP contribution in [-0.2, 0) is 13.0 Å². The Balaban J connectivity index is 2.25. The third-order valence-corrected chi connectivity index (χ3v) is 2.91. The smallest absolute Gasteiger partial charge is 0.128 e. The van der Waals surface area contributed by atoms with E-state index in [-0.39, 0.29) is 5.82 Å². The van der Waals surface area contributed by atoms with E-state index in [1.54, 1.807) is 12.1 Å². The number of halogens is 2. The lowest BCUT2D eigenvalue weighted by Gasteiger charge is -2.09. The van der Waals surface area contributed by atoms with Crippen molar-refractivity contribution < 1.29 is 4.39 Å². The molecule has 2 nitrogen and oxygen atoms in total. The topological polar surface area (TPSA) is 30.9 Å². The van der Waals surface area contributed by atoms with Gasteiger partial charge in [0.05, 0.1) is 6.54 Å². The van der Waals surface area contributed by atoms with Gasteiger partial charge in [0.2, 0.25) is 0 Å². The molecule has 1 aromatic carbocycles. The van der Waals surface area contributed by atoms with Crippen molar-refractivity contribution in [1.29, 1.82) is 0 Å². The van der Waals surface area contributed by atoms with Gasteiger partial charge in [0.1, 0.15) is 5.82 Å². The molecule has 0 fully saturated rings. The van der Waals surface area contributed by atoms with Crippen LogP contribution in [0.3, 0.4) is 0 Å². The molecule has 0 amide bonds. The van der Waals surface area contributed by atoms with Gasteiger partial charge >= 0.3 is 0 Å². The second-order valence-electron chi connectivity index (χ2n) is 3.90. The van der Waals surface area contributed by atoms with E-state index in [2.05, 4.69) is 0 Å². The molecule has 1 heterocycles. The highest BCUT2D eigenvalue weighted by Gasteiger charge is 2.06. The lowest BCUT2D eigenvalue weighted by atomic mass is 10.2. The number of nitrogens with two attached hydrogens (primary N) is 1. The molecular weight excluding hydrogens is 239 g/mol. The van der Waals surface area contributed by atoms with E-state index >= 15 is 0 Å². The molecule has 0 unspecified atom stereocenters. The molecule has 0 atom stereocenters. The summed E-state index contributed by atoms with van der Waals surface area (Å²) in [5.41, 5.74) is 7.22. The van der Waals surface area contributed by atoms with Gasteiger partial charge in [-0.2, -0.15) is 0 Å². The highest BCUT2D eigenvalue weighted by atomic mass is 35.5. The highest BCUT2D eigenvalue weighted by molar-refractivity contribution is 6.30. The van der Waals surface area contributed by atoms with Crippen molar-refractivity contribution in [3.63, 3.8) is 0 Å². The largest absolute Gasteiger partial charge is 0.347 e. The van der Waals surface area contributed by atoms with Crippen LogP contribution in [0.25, 0.3) is 0 Å². The highest BCUT2D eigenvalue weighted by Crippen LogP contribution is 2.17. The van der Waals surface area contributed by atoms with E-state index < -0.39 is 0 Å². The van der Waals surface area contributed by atoms with Gasteiger partial charge < -0.3 is 10.3 Å². The number of aromatic nitrogens is 1. The van der Waals surface area contributed by atoms with E-state index in [0.717, 1.165) is 12.1 Å². The van der Waals surface area contributed by atoms with Gasteiger partial charge in [-0.25, -0.2) is 4.39 Å². The van der Waals surface area contributed by atoms with Gasteiger partial charge in [-0.05, 0) is 43.3 Å². The van der Waals surface area contributed by atoms with Crippen molar-refractivity contribution >= 4 is 11.6 Å². The van der Waals surface area contributed by atoms with Gasteiger partial charge in [-0.15, -0.1) is 0 Å². The molecule has 0 aliphatic rings. The number of hydrogen-bond acceptors (Lipinski definition) is 1. The fourth-order valence-electron chi connectivity index (χ4n) is 1.83. The monoisotopic (exact) mass is 252 g/mol. The maximum absolute atomic E-state index is 13.6. The second-order valence-corrected chi connectivity index (χ2v) is 4.34. The molecule has 2 aromatic rings. The van der Waals surface area contributed by atoms with Crippen LogP contribution in [-0.4, -0.2) is 11.1 Å². The van der Waals surface area contributed by atoms with E-state index in [1.807, 2.05) is 22.9 Å². The van der Waals surface area contributed by atoms with Crippen molar-refractivity contribution in [3.05, 3.63) is 58.6 Å². The van der Waals surface area contributed by atoms with Gasteiger partial charge in [0.15, 0.2) is 0 Å². The van der Waals surface area contributed by atoms with Crippen molar-refractivity contribution in [2.45, 2.75) is 13.0 Å². The molecule has 0 spiro atoms. The average molecular weight is 253 g/mol. The van der Waals surface area contributed by atoms with Crippen molar-refractivity contribution in [2.75, 3.05) is 6.54 Å². The normalized spacial score (nSPS) is 10.8. The first-order valence-corrected chi connectivity index (χ1v) is 5.86. The summed E-state index contributed by atoms with van der Waals surface area (Å²) in [5.74, 6) is -0.234. The van der Waals surface area contributed by atoms with Crippen LogP contribution in [0.15, 0.2) is 36.5 Å². The van der Waals surface area contributed by atoms with Gasteiger partial charge in [-0.1, -0.05) is 11.6 Å². The predicted molar refractivity (Wildman–Crippen MR) is 67.7 cm³/mol. The van der Waals surface area contributed by atoms with E-state index in [4.69, 9.17) is 17.3 Å². The van der Waals surface area contributed by atoms with Crippen LogP contribution in [0, 0.1) is 5.82 Å². The molecule has 17 heavy (non-hydrogen) atoms. The predicted octanol–water partition coefficient (Wildman–Crippen LogP) is 2.83. The molecule has 1 aromatic heterocycles. The first kappa shape index (κ1) is 12.1. The summed E-state index contributed by atoms with van der Waals surface area (Å²) in [5, 5.41) is 0.550. The van der Waals surface area contributed by atoms with Crippen molar-refractivity contribution in [3.8, 4) is 0 Å². The van der Waals surface area contributed by atoms with Crippen LogP contribution in [0.5, 0.6) is 0 Å². The second kappa shape index (κ2) is 5.34. The van der Waals surface area contributed by atoms with Crippen LogP contribution < -0.4 is 5.73 Å². The Kier molecular flexibility index (Phi) is 3.82. The van der Waals surface area contributed by atoms with Crippen LogP contribution in [0.1, 0.15) is 11.3 Å². The zero-order valence-electron chi connectivity index (χ0n) is 9.37. The average Bonchev–Trinajstić information content (AvgIpc) is 2.72. The van der Waals surface area contributed by atoms with Crippen LogP contribution in [0.2, 0.25) is 5.02 Å². The summed E-state index contributed by atoms with van der Waals surface area (Å²) in [4.78, 5) is 0. The summed E-state index contributed by atoms with van der Waals surface area (Å²) < 4.78 is 15.6. The maximum Gasteiger partial charge on any atom is 0.128 e. The molecule has 0 saturated carbocycles. The Morgan fingerprint density at radius 3 is 2.88 bits per heavy atom. The summed E-state index contributed by atoms with van der Waals surface area (Å²) in [6, 6.07) is 8.53. The number of benzene rings is 1. The van der Waals surface area contributed by atoms with Crippen molar-refractivity contribution in [1.82, 2.24) is 4.57 Å². The first-order valence-electron chi connectivity index (χ1n) is 5.48. The molecule has 0 aliphatic heterocycles. The SMILES string of the molecule is NCCc1cccn1Cc1cc(Cl)ccc1F. The fraction of sp³-hybridized carbons (Fsp3) is 0.231. The zero-order chi connectivity index (χ0) is 12.3. The number of rotatable bonds is 4. The van der Waals surface area contributed by atoms with E-state index in [9.17, 15) is 4.39 Å². The first-order chi connectivity index (χ1) is 8.20. The standard InChI is InChI=1S/C13H14ClFN2/c14-11-3-4-13(15)10(8-11)9-17-7-1-2-12(17)5-6-16/h1-4,7-8H,5-6,9,16H2. The maximum atomic E-state index is 13.6. The molecule has 90 valence electrons. The summed E-state index contributed by atoms with van der Waals surface area (Å²) >= 11 is 5.86. The Morgan fingerprint density at radius 1 is 1.29 bits per heavy atom. The molecule has 2 rings (SSSR count). The van der Waals surface area contributed by atoms with Gasteiger partial charge in [0.25, 0.3) is 0 Å². The Labute approximate surface area is 105 Å². The quantitative estimate of drug-likeness (QED) is 0.891. The van der Waals surface area contributed by atoms with E-state index in [1.165, 1.54) is 6.07 Å². The summed E-state index contributed by atoms with van der Waals surface area (Å²) in [6.45, 7) is 1.07. The number of nitrogens with zero attached hydrogens (tertiary/aromatic N) is 1.